The Morgan fingerprint density at radius 3 is 2.07 bits per heavy atom. The van der Waals surface area contributed by atoms with Crippen molar-refractivity contribution in [3.8, 4) is 0 Å². The minimum Gasteiger partial charge on any atom is -0.357 e. The van der Waals surface area contributed by atoms with Crippen molar-refractivity contribution in [1.82, 2.24) is 10.2 Å². The van der Waals surface area contributed by atoms with Crippen LogP contribution in [0.25, 0.3) is 0 Å². The number of rotatable bonds is 11. The normalized spacial score (nSPS) is 11.9. The molecule has 2 amide bonds. The molecule has 224 valence electrons. The van der Waals surface area contributed by atoms with Crippen LogP contribution in [-0.4, -0.2) is 44.8 Å². The molecule has 1 N–H and O–H groups in total. The summed E-state index contributed by atoms with van der Waals surface area (Å²) in [5.41, 5.74) is 2.17. The average molecular weight is 659 g/mol. The first-order chi connectivity index (χ1) is 20.5. The van der Waals surface area contributed by atoms with Gasteiger partial charge < -0.3 is 10.2 Å². The Morgan fingerprint density at radius 2 is 1.44 bits per heavy atom. The van der Waals surface area contributed by atoms with Gasteiger partial charge in [0.05, 0.1) is 20.6 Å². The molecule has 0 aliphatic heterocycles. The van der Waals surface area contributed by atoms with Crippen LogP contribution in [0.4, 0.5) is 5.69 Å². The highest BCUT2D eigenvalue weighted by molar-refractivity contribution is 7.92. The predicted molar refractivity (Wildman–Crippen MR) is 172 cm³/mol. The van der Waals surface area contributed by atoms with Crippen LogP contribution < -0.4 is 9.62 Å². The number of nitrogens with zero attached hydrogens (tertiary/aromatic N) is 2. The molecular formula is C32H30Cl3N3O4S. The summed E-state index contributed by atoms with van der Waals surface area (Å²) < 4.78 is 29.1. The van der Waals surface area contributed by atoms with Gasteiger partial charge in [0.15, 0.2) is 0 Å². The number of hydrogen-bond donors (Lipinski definition) is 1. The Balaban J connectivity index is 1.82. The van der Waals surface area contributed by atoms with E-state index in [0.29, 0.717) is 21.2 Å². The van der Waals surface area contributed by atoms with E-state index in [1.165, 1.54) is 24.1 Å². The van der Waals surface area contributed by atoms with Crippen molar-refractivity contribution in [1.29, 1.82) is 0 Å². The molecule has 0 unspecified atom stereocenters. The van der Waals surface area contributed by atoms with Crippen LogP contribution in [0.1, 0.15) is 16.7 Å². The topological polar surface area (TPSA) is 86.8 Å². The van der Waals surface area contributed by atoms with Gasteiger partial charge in [0, 0.05) is 25.0 Å². The van der Waals surface area contributed by atoms with Gasteiger partial charge in [-0.2, -0.15) is 0 Å². The van der Waals surface area contributed by atoms with E-state index in [1.54, 1.807) is 61.5 Å². The molecule has 0 fully saturated rings. The quantitative estimate of drug-likeness (QED) is 0.198. The number of amides is 2. The third-order valence-electron chi connectivity index (χ3n) is 6.97. The second kappa shape index (κ2) is 14.3. The lowest BCUT2D eigenvalue weighted by atomic mass is 10.0. The number of nitrogens with one attached hydrogen (secondary N) is 1. The monoisotopic (exact) mass is 657 g/mol. The zero-order chi connectivity index (χ0) is 31.1. The van der Waals surface area contributed by atoms with Gasteiger partial charge in [0.2, 0.25) is 11.8 Å². The van der Waals surface area contributed by atoms with Crippen LogP contribution in [-0.2, 0) is 32.6 Å². The van der Waals surface area contributed by atoms with Gasteiger partial charge >= 0.3 is 0 Å². The Labute approximate surface area is 267 Å². The fourth-order valence-electron chi connectivity index (χ4n) is 4.65. The number of benzene rings is 4. The van der Waals surface area contributed by atoms with E-state index in [2.05, 4.69) is 5.32 Å². The van der Waals surface area contributed by atoms with Crippen LogP contribution in [0.2, 0.25) is 15.1 Å². The summed E-state index contributed by atoms with van der Waals surface area (Å²) in [7, 11) is -2.74. The van der Waals surface area contributed by atoms with E-state index in [4.69, 9.17) is 34.8 Å². The molecule has 0 aliphatic carbocycles. The lowest BCUT2D eigenvalue weighted by Gasteiger charge is -2.34. The summed E-state index contributed by atoms with van der Waals surface area (Å²) in [5.74, 6) is -1.01. The number of anilines is 1. The average Bonchev–Trinajstić information content (AvgIpc) is 3.01. The fraction of sp³-hybridized carbons (Fsp3) is 0.188. The van der Waals surface area contributed by atoms with E-state index >= 15 is 0 Å². The molecule has 0 aromatic heterocycles. The standard InChI is InChI=1S/C32H30Cl3N3O4S/c1-22-26(33)14-9-15-29(22)38(43(41,42)25-12-7-4-8-13-25)21-31(39)37(20-24-16-17-27(34)28(35)18-24)30(32(40)36-2)19-23-10-5-3-6-11-23/h3-18,30H,19-21H2,1-2H3,(H,36,40)/t30-/m0/s1. The van der Waals surface area contributed by atoms with Gasteiger partial charge in [-0.15, -0.1) is 0 Å². The summed E-state index contributed by atoms with van der Waals surface area (Å²) in [5, 5.41) is 3.63. The Morgan fingerprint density at radius 1 is 0.791 bits per heavy atom. The molecule has 4 aromatic carbocycles. The van der Waals surface area contributed by atoms with Crippen LogP contribution in [0.15, 0.2) is 102 Å². The van der Waals surface area contributed by atoms with Gasteiger partial charge in [-0.1, -0.05) is 95.5 Å². The molecule has 0 heterocycles. The molecule has 4 rings (SSSR count). The highest BCUT2D eigenvalue weighted by atomic mass is 35.5. The zero-order valence-corrected chi connectivity index (χ0v) is 26.6. The Kier molecular flexibility index (Phi) is 10.7. The first-order valence-corrected chi connectivity index (χ1v) is 15.9. The molecule has 0 aliphatic rings. The third-order valence-corrected chi connectivity index (χ3v) is 9.89. The molecule has 1 atom stereocenters. The molecule has 0 radical (unpaired) electrons. The van der Waals surface area contributed by atoms with Crippen LogP contribution in [0, 0.1) is 6.92 Å². The first kappa shape index (κ1) is 32.4. The summed E-state index contributed by atoms with van der Waals surface area (Å²) in [6.07, 6.45) is 0.190. The number of sulfonamides is 1. The maximum absolute atomic E-state index is 14.4. The Bertz CT molecular complexity index is 1700. The van der Waals surface area contributed by atoms with Crippen LogP contribution >= 0.6 is 34.8 Å². The smallest absolute Gasteiger partial charge is 0.264 e. The minimum atomic E-state index is -4.23. The largest absolute Gasteiger partial charge is 0.357 e. The van der Waals surface area contributed by atoms with Crippen LogP contribution in [0.3, 0.4) is 0 Å². The van der Waals surface area contributed by atoms with Gasteiger partial charge in [-0.25, -0.2) is 8.42 Å². The van der Waals surface area contributed by atoms with Crippen molar-refractivity contribution in [2.24, 2.45) is 0 Å². The second-order valence-corrected chi connectivity index (χ2v) is 12.9. The molecule has 0 saturated carbocycles. The van der Waals surface area contributed by atoms with Gasteiger partial charge in [0.25, 0.3) is 10.0 Å². The van der Waals surface area contributed by atoms with E-state index < -0.39 is 34.4 Å². The fourth-order valence-corrected chi connectivity index (χ4v) is 6.64. The van der Waals surface area contributed by atoms with Crippen molar-refractivity contribution in [3.05, 3.63) is 129 Å². The third kappa shape index (κ3) is 7.70. The highest BCUT2D eigenvalue weighted by Gasteiger charge is 2.35. The molecule has 0 saturated heterocycles. The summed E-state index contributed by atoms with van der Waals surface area (Å²) in [6.45, 7) is 1.06. The number of carbonyl (C=O) groups excluding carboxylic acids is 2. The van der Waals surface area contributed by atoms with E-state index in [-0.39, 0.29) is 28.6 Å². The maximum atomic E-state index is 14.4. The lowest BCUT2D eigenvalue weighted by molar-refractivity contribution is -0.139. The zero-order valence-electron chi connectivity index (χ0n) is 23.5. The minimum absolute atomic E-state index is 0.00495. The van der Waals surface area contributed by atoms with E-state index in [1.807, 2.05) is 30.3 Å². The number of hydrogen-bond acceptors (Lipinski definition) is 4. The Hall–Kier alpha value is -3.56. The SMILES string of the molecule is CNC(=O)[C@H](Cc1ccccc1)N(Cc1ccc(Cl)c(Cl)c1)C(=O)CN(c1cccc(Cl)c1C)S(=O)(=O)c1ccccc1. The van der Waals surface area contributed by atoms with E-state index in [0.717, 1.165) is 9.87 Å². The number of carbonyl (C=O) groups is 2. The van der Waals surface area contributed by atoms with Gasteiger partial charge in [-0.05, 0) is 60.0 Å². The van der Waals surface area contributed by atoms with Crippen molar-refractivity contribution in [3.63, 3.8) is 0 Å². The lowest BCUT2D eigenvalue weighted by Crippen LogP contribution is -2.53. The first-order valence-electron chi connectivity index (χ1n) is 13.3. The van der Waals surface area contributed by atoms with E-state index in [9.17, 15) is 18.0 Å². The highest BCUT2D eigenvalue weighted by Crippen LogP contribution is 2.31. The van der Waals surface area contributed by atoms with Crippen LogP contribution in [0.5, 0.6) is 0 Å². The van der Waals surface area contributed by atoms with Gasteiger partial charge in [-0.3, -0.25) is 13.9 Å². The molecular weight excluding hydrogens is 629 g/mol. The van der Waals surface area contributed by atoms with Crippen molar-refractivity contribution in [2.75, 3.05) is 17.9 Å². The molecule has 0 bridgehead atoms. The summed E-state index contributed by atoms with van der Waals surface area (Å²) in [6, 6.07) is 25.9. The number of halogens is 3. The molecule has 11 heteroatoms. The maximum Gasteiger partial charge on any atom is 0.264 e. The van der Waals surface area contributed by atoms with Gasteiger partial charge in [0.1, 0.15) is 12.6 Å². The van der Waals surface area contributed by atoms with Crippen molar-refractivity contribution >= 4 is 62.3 Å². The molecule has 43 heavy (non-hydrogen) atoms. The molecule has 0 spiro atoms. The molecule has 7 nitrogen and oxygen atoms in total. The van der Waals surface area contributed by atoms with Crippen molar-refractivity contribution < 1.29 is 18.0 Å². The summed E-state index contributed by atoms with van der Waals surface area (Å²) >= 11 is 18.8. The number of likely N-dealkylation sites (N-methyl/N-ethyl adjacent to an activating group) is 1. The second-order valence-electron chi connectivity index (χ2n) is 9.80. The summed E-state index contributed by atoms with van der Waals surface area (Å²) in [4.78, 5) is 29.1. The van der Waals surface area contributed by atoms with Crippen molar-refractivity contribution in [2.45, 2.75) is 30.8 Å². The molecule has 4 aromatic rings. The predicted octanol–water partition coefficient (Wildman–Crippen LogP) is 6.54.